The largest absolute Gasteiger partial charge is 0.378 e. The lowest BCUT2D eigenvalue weighted by atomic mass is 10.00. The highest BCUT2D eigenvalue weighted by molar-refractivity contribution is 5.76. The zero-order valence-electron chi connectivity index (χ0n) is 15.0. The van der Waals surface area contributed by atoms with E-state index >= 15 is 0 Å². The molecule has 0 radical (unpaired) electrons. The Balaban J connectivity index is 1.40. The minimum absolute atomic E-state index is 0.295. The predicted octanol–water partition coefficient (Wildman–Crippen LogP) is 2.17. The highest BCUT2D eigenvalue weighted by Crippen LogP contribution is 2.30. The summed E-state index contributed by atoms with van der Waals surface area (Å²) in [6.45, 7) is 4.70. The first-order valence-electron chi connectivity index (χ1n) is 9.74. The second kappa shape index (κ2) is 7.68. The number of carbonyl (C=O) groups is 1. The third-order valence-electron chi connectivity index (χ3n) is 5.89. The first-order valence-corrected chi connectivity index (χ1v) is 9.74. The number of fused-ring (bicyclic) bond motifs is 1. The molecule has 1 aromatic heterocycles. The SMILES string of the molecule is O=C(CCC1CCCC1)N1CCc2c(ncnc2N2CCOCC2)C1. The molecular weight excluding hydrogens is 316 g/mol. The van der Waals surface area contributed by atoms with Crippen molar-refractivity contribution >= 4 is 11.7 Å². The van der Waals surface area contributed by atoms with E-state index in [2.05, 4.69) is 14.9 Å². The number of morpholine rings is 1. The summed E-state index contributed by atoms with van der Waals surface area (Å²) in [7, 11) is 0. The van der Waals surface area contributed by atoms with Crippen LogP contribution in [0.15, 0.2) is 6.33 Å². The highest BCUT2D eigenvalue weighted by atomic mass is 16.5. The molecule has 3 aliphatic rings. The average molecular weight is 344 g/mol. The van der Waals surface area contributed by atoms with E-state index in [0.29, 0.717) is 18.9 Å². The van der Waals surface area contributed by atoms with Crippen molar-refractivity contribution in [2.24, 2.45) is 5.92 Å². The van der Waals surface area contributed by atoms with Crippen LogP contribution in [0.5, 0.6) is 0 Å². The molecule has 0 spiro atoms. The van der Waals surface area contributed by atoms with Crippen molar-refractivity contribution in [3.8, 4) is 0 Å². The molecule has 3 heterocycles. The molecule has 1 saturated carbocycles. The number of hydrogen-bond donors (Lipinski definition) is 0. The minimum Gasteiger partial charge on any atom is -0.378 e. The summed E-state index contributed by atoms with van der Waals surface area (Å²) >= 11 is 0. The molecule has 4 rings (SSSR count). The number of aromatic nitrogens is 2. The van der Waals surface area contributed by atoms with Gasteiger partial charge in [0.1, 0.15) is 12.1 Å². The smallest absolute Gasteiger partial charge is 0.222 e. The molecule has 0 bridgehead atoms. The first kappa shape index (κ1) is 16.8. The van der Waals surface area contributed by atoms with E-state index in [1.807, 2.05) is 4.90 Å². The highest BCUT2D eigenvalue weighted by Gasteiger charge is 2.27. The lowest BCUT2D eigenvalue weighted by Gasteiger charge is -2.33. The minimum atomic E-state index is 0.295. The third-order valence-corrected chi connectivity index (χ3v) is 5.89. The molecule has 25 heavy (non-hydrogen) atoms. The molecule has 6 nitrogen and oxygen atoms in total. The van der Waals surface area contributed by atoms with Crippen LogP contribution in [0.2, 0.25) is 0 Å². The van der Waals surface area contributed by atoms with Crippen LogP contribution in [0, 0.1) is 5.92 Å². The van der Waals surface area contributed by atoms with Gasteiger partial charge in [0.05, 0.1) is 25.5 Å². The second-order valence-corrected chi connectivity index (χ2v) is 7.48. The number of rotatable bonds is 4. The van der Waals surface area contributed by atoms with Gasteiger partial charge in [-0.3, -0.25) is 4.79 Å². The number of carbonyl (C=O) groups excluding carboxylic acids is 1. The lowest BCUT2D eigenvalue weighted by molar-refractivity contribution is -0.132. The summed E-state index contributed by atoms with van der Waals surface area (Å²) in [5.74, 6) is 2.12. The van der Waals surface area contributed by atoms with Crippen LogP contribution in [-0.4, -0.2) is 53.6 Å². The standard InChI is InChI=1S/C19H28N4O2/c24-18(6-5-15-3-1-2-4-15)23-8-7-16-17(13-23)20-14-21-19(16)22-9-11-25-12-10-22/h14-15H,1-13H2. The Kier molecular flexibility index (Phi) is 5.15. The van der Waals surface area contributed by atoms with E-state index in [0.717, 1.165) is 63.1 Å². The fourth-order valence-electron chi connectivity index (χ4n) is 4.38. The zero-order chi connectivity index (χ0) is 17.1. The molecule has 0 atom stereocenters. The number of hydrogen-bond acceptors (Lipinski definition) is 5. The molecule has 6 heteroatoms. The van der Waals surface area contributed by atoms with Crippen LogP contribution in [0.3, 0.4) is 0 Å². The fraction of sp³-hybridized carbons (Fsp3) is 0.737. The van der Waals surface area contributed by atoms with Gasteiger partial charge in [0, 0.05) is 31.6 Å². The fourth-order valence-corrected chi connectivity index (χ4v) is 4.38. The molecule has 0 N–H and O–H groups in total. The zero-order valence-corrected chi connectivity index (χ0v) is 15.0. The summed E-state index contributed by atoms with van der Waals surface area (Å²) in [5, 5.41) is 0. The van der Waals surface area contributed by atoms with Crippen LogP contribution in [0.4, 0.5) is 5.82 Å². The summed E-state index contributed by atoms with van der Waals surface area (Å²) in [4.78, 5) is 25.9. The monoisotopic (exact) mass is 344 g/mol. The van der Waals surface area contributed by atoms with Crippen molar-refractivity contribution in [1.29, 1.82) is 0 Å². The number of amides is 1. The van der Waals surface area contributed by atoms with Crippen molar-refractivity contribution in [3.63, 3.8) is 0 Å². The first-order chi connectivity index (χ1) is 12.3. The average Bonchev–Trinajstić information content (AvgIpc) is 3.19. The normalized spacial score (nSPS) is 21.4. The van der Waals surface area contributed by atoms with Crippen LogP contribution < -0.4 is 4.90 Å². The van der Waals surface area contributed by atoms with Gasteiger partial charge in [-0.05, 0) is 18.8 Å². The van der Waals surface area contributed by atoms with E-state index < -0.39 is 0 Å². The van der Waals surface area contributed by atoms with Gasteiger partial charge in [-0.1, -0.05) is 25.7 Å². The molecule has 1 saturated heterocycles. The number of ether oxygens (including phenoxy) is 1. The van der Waals surface area contributed by atoms with Gasteiger partial charge in [0.15, 0.2) is 0 Å². The van der Waals surface area contributed by atoms with E-state index in [1.165, 1.54) is 31.2 Å². The van der Waals surface area contributed by atoms with Crippen molar-refractivity contribution in [1.82, 2.24) is 14.9 Å². The van der Waals surface area contributed by atoms with Gasteiger partial charge < -0.3 is 14.5 Å². The van der Waals surface area contributed by atoms with Gasteiger partial charge in [-0.25, -0.2) is 9.97 Å². The summed E-state index contributed by atoms with van der Waals surface area (Å²) in [5.41, 5.74) is 2.25. The molecular formula is C19H28N4O2. The molecule has 0 unspecified atom stereocenters. The Bertz CT molecular complexity index is 609. The van der Waals surface area contributed by atoms with Gasteiger partial charge in [0.25, 0.3) is 0 Å². The molecule has 1 amide bonds. The summed E-state index contributed by atoms with van der Waals surface area (Å²) < 4.78 is 5.44. The maximum absolute atomic E-state index is 12.6. The van der Waals surface area contributed by atoms with Crippen molar-refractivity contribution < 1.29 is 9.53 Å². The lowest BCUT2D eigenvalue weighted by Crippen LogP contribution is -2.40. The Morgan fingerprint density at radius 1 is 1.16 bits per heavy atom. The molecule has 2 aliphatic heterocycles. The molecule has 136 valence electrons. The van der Waals surface area contributed by atoms with Crippen LogP contribution in [-0.2, 0) is 22.5 Å². The molecule has 0 aromatic carbocycles. The number of nitrogens with zero attached hydrogens (tertiary/aromatic N) is 4. The quantitative estimate of drug-likeness (QED) is 0.838. The Hall–Kier alpha value is -1.69. The molecule has 2 fully saturated rings. The maximum atomic E-state index is 12.6. The van der Waals surface area contributed by atoms with Crippen LogP contribution in [0.25, 0.3) is 0 Å². The van der Waals surface area contributed by atoms with Crippen molar-refractivity contribution in [3.05, 3.63) is 17.6 Å². The van der Waals surface area contributed by atoms with E-state index in [1.54, 1.807) is 6.33 Å². The van der Waals surface area contributed by atoms with Crippen molar-refractivity contribution in [2.45, 2.75) is 51.5 Å². The van der Waals surface area contributed by atoms with Gasteiger partial charge in [0.2, 0.25) is 5.91 Å². The van der Waals surface area contributed by atoms with Gasteiger partial charge in [-0.15, -0.1) is 0 Å². The topological polar surface area (TPSA) is 58.6 Å². The van der Waals surface area contributed by atoms with Gasteiger partial charge in [-0.2, -0.15) is 0 Å². The van der Waals surface area contributed by atoms with E-state index in [-0.39, 0.29) is 0 Å². The second-order valence-electron chi connectivity index (χ2n) is 7.48. The third kappa shape index (κ3) is 3.78. The van der Waals surface area contributed by atoms with Crippen LogP contribution in [0.1, 0.15) is 49.8 Å². The Morgan fingerprint density at radius 2 is 1.96 bits per heavy atom. The van der Waals surface area contributed by atoms with Crippen LogP contribution >= 0.6 is 0 Å². The van der Waals surface area contributed by atoms with Gasteiger partial charge >= 0.3 is 0 Å². The Labute approximate surface area is 149 Å². The predicted molar refractivity (Wildman–Crippen MR) is 95.4 cm³/mol. The molecule has 1 aromatic rings. The summed E-state index contributed by atoms with van der Waals surface area (Å²) in [6, 6.07) is 0. The van der Waals surface area contributed by atoms with E-state index in [9.17, 15) is 4.79 Å². The summed E-state index contributed by atoms with van der Waals surface area (Å²) in [6.07, 6.45) is 9.58. The Morgan fingerprint density at radius 3 is 2.76 bits per heavy atom. The van der Waals surface area contributed by atoms with Crippen molar-refractivity contribution in [2.75, 3.05) is 37.7 Å². The molecule has 1 aliphatic carbocycles. The number of anilines is 1. The van der Waals surface area contributed by atoms with E-state index in [4.69, 9.17) is 4.74 Å². The maximum Gasteiger partial charge on any atom is 0.222 e.